The number of allylic oxidation sites excluding steroid dienone is 1. The zero-order valence-corrected chi connectivity index (χ0v) is 23.8. The van der Waals surface area contributed by atoms with E-state index < -0.39 is 0 Å². The predicted molar refractivity (Wildman–Crippen MR) is 178 cm³/mol. The minimum Gasteiger partial charge on any atom is -0.456 e. The number of para-hydroxylation sites is 1. The normalized spacial score (nSPS) is 12.7. The molecule has 5 nitrogen and oxygen atoms in total. The molecule has 0 saturated heterocycles. The molecule has 0 amide bonds. The van der Waals surface area contributed by atoms with Gasteiger partial charge in [-0.15, -0.1) is 0 Å². The quantitative estimate of drug-likeness (QED) is 0.213. The Morgan fingerprint density at radius 3 is 1.84 bits per heavy atom. The molecule has 1 aliphatic carbocycles. The number of rotatable bonds is 4. The van der Waals surface area contributed by atoms with E-state index in [0.717, 1.165) is 46.6 Å². The predicted octanol–water partition coefficient (Wildman–Crippen LogP) is 9.68. The van der Waals surface area contributed by atoms with Gasteiger partial charge >= 0.3 is 0 Å². The molecular weight excluding hydrogens is 540 g/mol. The largest absolute Gasteiger partial charge is 0.456 e. The second kappa shape index (κ2) is 9.89. The highest BCUT2D eigenvalue weighted by Gasteiger charge is 2.22. The van der Waals surface area contributed by atoms with Crippen molar-refractivity contribution in [3.05, 3.63) is 139 Å². The number of hydrogen-bond donors (Lipinski definition) is 0. The van der Waals surface area contributed by atoms with Crippen molar-refractivity contribution in [3.63, 3.8) is 0 Å². The summed E-state index contributed by atoms with van der Waals surface area (Å²) in [6.07, 6.45) is 6.35. The Morgan fingerprint density at radius 1 is 0.545 bits per heavy atom. The van der Waals surface area contributed by atoms with Crippen LogP contribution < -0.4 is 0 Å². The Labute approximate surface area is 253 Å². The van der Waals surface area contributed by atoms with Gasteiger partial charge in [0, 0.05) is 44.1 Å². The number of aryl methyl sites for hydroxylation is 1. The molecule has 0 fully saturated rings. The molecule has 5 aromatic carbocycles. The molecule has 0 N–H and O–H groups in total. The van der Waals surface area contributed by atoms with E-state index in [-0.39, 0.29) is 0 Å². The van der Waals surface area contributed by atoms with Crippen LogP contribution in [0.1, 0.15) is 17.7 Å². The minimum atomic E-state index is 0.645. The molecule has 5 heteroatoms. The molecule has 3 aromatic heterocycles. The van der Waals surface area contributed by atoms with Crippen molar-refractivity contribution in [2.75, 3.05) is 0 Å². The molecular formula is C39H26N4O. The SMILES string of the molecule is C1=Cc2oc3ccc4c(c5ccccc5n4-c4ccc(-c5nc(-c6ccccc6)nc(-c6ccccc6)n5)cc4)c3c2CC1. The molecule has 0 saturated carbocycles. The van der Waals surface area contributed by atoms with Crippen molar-refractivity contribution in [1.29, 1.82) is 0 Å². The van der Waals surface area contributed by atoms with Crippen LogP contribution in [0, 0.1) is 0 Å². The average Bonchev–Trinajstić information content (AvgIpc) is 3.64. The lowest BCUT2D eigenvalue weighted by molar-refractivity contribution is 0.595. The molecule has 0 spiro atoms. The van der Waals surface area contributed by atoms with E-state index in [1.54, 1.807) is 0 Å². The third kappa shape index (κ3) is 3.90. The van der Waals surface area contributed by atoms with E-state index >= 15 is 0 Å². The van der Waals surface area contributed by atoms with E-state index in [0.29, 0.717) is 17.5 Å². The van der Waals surface area contributed by atoms with Gasteiger partial charge < -0.3 is 8.98 Å². The van der Waals surface area contributed by atoms with Crippen LogP contribution in [-0.4, -0.2) is 19.5 Å². The van der Waals surface area contributed by atoms with Gasteiger partial charge in [-0.3, -0.25) is 0 Å². The Balaban J connectivity index is 1.21. The molecule has 1 aliphatic rings. The Kier molecular flexibility index (Phi) is 5.56. The molecule has 0 atom stereocenters. The van der Waals surface area contributed by atoms with Crippen LogP contribution in [0.2, 0.25) is 0 Å². The van der Waals surface area contributed by atoms with E-state index in [4.69, 9.17) is 19.4 Å². The number of nitrogens with zero attached hydrogens (tertiary/aromatic N) is 4. The van der Waals surface area contributed by atoms with Gasteiger partial charge in [-0.1, -0.05) is 84.9 Å². The fraction of sp³-hybridized carbons (Fsp3) is 0.0513. The highest BCUT2D eigenvalue weighted by Crippen LogP contribution is 2.41. The van der Waals surface area contributed by atoms with E-state index in [1.165, 1.54) is 32.8 Å². The van der Waals surface area contributed by atoms with Gasteiger partial charge in [0.15, 0.2) is 17.5 Å². The van der Waals surface area contributed by atoms with E-state index in [1.807, 2.05) is 60.7 Å². The number of aromatic nitrogens is 4. The highest BCUT2D eigenvalue weighted by atomic mass is 16.3. The zero-order valence-electron chi connectivity index (χ0n) is 23.8. The van der Waals surface area contributed by atoms with Gasteiger partial charge in [0.05, 0.1) is 11.0 Å². The number of hydrogen-bond acceptors (Lipinski definition) is 4. The Morgan fingerprint density at radius 2 is 1.16 bits per heavy atom. The first kappa shape index (κ1) is 24.8. The maximum absolute atomic E-state index is 6.30. The van der Waals surface area contributed by atoms with Crippen LogP contribution in [0.15, 0.2) is 132 Å². The third-order valence-corrected chi connectivity index (χ3v) is 8.53. The fourth-order valence-corrected chi connectivity index (χ4v) is 6.51. The van der Waals surface area contributed by atoms with Crippen LogP contribution in [0.3, 0.4) is 0 Å². The van der Waals surface area contributed by atoms with Crippen LogP contribution in [0.5, 0.6) is 0 Å². The lowest BCUT2D eigenvalue weighted by atomic mass is 9.98. The van der Waals surface area contributed by atoms with Crippen molar-refractivity contribution in [3.8, 4) is 39.9 Å². The lowest BCUT2D eigenvalue weighted by Gasteiger charge is -2.11. The van der Waals surface area contributed by atoms with Gasteiger partial charge in [-0.2, -0.15) is 0 Å². The van der Waals surface area contributed by atoms with Crippen molar-refractivity contribution in [2.24, 2.45) is 0 Å². The summed E-state index contributed by atoms with van der Waals surface area (Å²) in [5.41, 5.74) is 8.53. The summed E-state index contributed by atoms with van der Waals surface area (Å²) in [6, 6.07) is 41.6. The summed E-state index contributed by atoms with van der Waals surface area (Å²) in [4.78, 5) is 14.7. The lowest BCUT2D eigenvalue weighted by Crippen LogP contribution is -2.00. The standard InChI is InChI=1S/C39H26N4O/c1-3-11-25(12-4-1)37-40-38(26-13-5-2-6-14-26)42-39(41-37)27-19-21-28(22-20-27)43-31-17-9-7-15-29(31)35-32(43)23-24-34-36(35)30-16-8-10-18-33(30)44-34/h1-7,9-15,17-24H,8,16H2. The number of benzene rings is 5. The van der Waals surface area contributed by atoms with Crippen LogP contribution in [0.4, 0.5) is 0 Å². The van der Waals surface area contributed by atoms with Crippen molar-refractivity contribution in [2.45, 2.75) is 12.8 Å². The molecule has 44 heavy (non-hydrogen) atoms. The monoisotopic (exact) mass is 566 g/mol. The molecule has 0 radical (unpaired) electrons. The first-order chi connectivity index (χ1) is 21.8. The first-order valence-electron chi connectivity index (χ1n) is 14.9. The van der Waals surface area contributed by atoms with E-state index in [2.05, 4.69) is 77.4 Å². The summed E-state index contributed by atoms with van der Waals surface area (Å²) in [5, 5.41) is 3.72. The first-order valence-corrected chi connectivity index (χ1v) is 14.9. The Hall–Kier alpha value is -5.81. The second-order valence-electron chi connectivity index (χ2n) is 11.2. The summed E-state index contributed by atoms with van der Waals surface area (Å²) < 4.78 is 8.65. The van der Waals surface area contributed by atoms with Crippen molar-refractivity contribution >= 4 is 38.9 Å². The molecule has 9 rings (SSSR count). The van der Waals surface area contributed by atoms with Gasteiger partial charge in [0.25, 0.3) is 0 Å². The van der Waals surface area contributed by atoms with Gasteiger partial charge in [-0.25, -0.2) is 15.0 Å². The molecule has 8 aromatic rings. The van der Waals surface area contributed by atoms with Crippen LogP contribution in [-0.2, 0) is 6.42 Å². The van der Waals surface area contributed by atoms with Gasteiger partial charge in [0.2, 0.25) is 0 Å². The summed E-state index contributed by atoms with van der Waals surface area (Å²) >= 11 is 0. The second-order valence-corrected chi connectivity index (χ2v) is 11.2. The number of fused-ring (bicyclic) bond motifs is 7. The smallest absolute Gasteiger partial charge is 0.164 e. The molecule has 0 aliphatic heterocycles. The minimum absolute atomic E-state index is 0.645. The zero-order chi connectivity index (χ0) is 29.0. The maximum atomic E-state index is 6.30. The molecule has 208 valence electrons. The molecule has 3 heterocycles. The average molecular weight is 567 g/mol. The third-order valence-electron chi connectivity index (χ3n) is 8.53. The summed E-state index contributed by atoms with van der Waals surface area (Å²) in [7, 11) is 0. The van der Waals surface area contributed by atoms with Crippen LogP contribution in [0.25, 0.3) is 78.7 Å². The topological polar surface area (TPSA) is 56.7 Å². The summed E-state index contributed by atoms with van der Waals surface area (Å²) in [6.45, 7) is 0. The Bertz CT molecular complexity index is 2310. The van der Waals surface area contributed by atoms with Crippen molar-refractivity contribution in [1.82, 2.24) is 19.5 Å². The molecule has 0 unspecified atom stereocenters. The highest BCUT2D eigenvalue weighted by molar-refractivity contribution is 6.22. The van der Waals surface area contributed by atoms with Gasteiger partial charge in [-0.05, 0) is 61.4 Å². The fourth-order valence-electron chi connectivity index (χ4n) is 6.51. The van der Waals surface area contributed by atoms with Gasteiger partial charge in [0.1, 0.15) is 11.3 Å². The van der Waals surface area contributed by atoms with E-state index in [9.17, 15) is 0 Å². The van der Waals surface area contributed by atoms with Crippen molar-refractivity contribution < 1.29 is 4.42 Å². The maximum Gasteiger partial charge on any atom is 0.164 e. The number of furan rings is 1. The summed E-state index contributed by atoms with van der Waals surface area (Å²) in [5.74, 6) is 2.94. The van der Waals surface area contributed by atoms with Crippen LogP contribution >= 0.6 is 0 Å². The molecule has 0 bridgehead atoms.